The number of carbonyl (C=O) groups excluding carboxylic acids is 1. The minimum absolute atomic E-state index is 0.0864. The highest BCUT2D eigenvalue weighted by Gasteiger charge is 2.38. The molecule has 0 radical (unpaired) electrons. The number of hydrazine groups is 1. The third kappa shape index (κ3) is 2.02. The van der Waals surface area contributed by atoms with Crippen molar-refractivity contribution in [3.05, 3.63) is 29.3 Å². The number of halogens is 2. The SMILES string of the molecule is COc1cc(F)c([C@@H]2CNC(=O)[C@H]2NN)c(F)c1. The Balaban J connectivity index is 2.42. The van der Waals surface area contributed by atoms with Crippen molar-refractivity contribution in [2.45, 2.75) is 12.0 Å². The Morgan fingerprint density at radius 3 is 2.56 bits per heavy atom. The van der Waals surface area contributed by atoms with E-state index in [4.69, 9.17) is 10.6 Å². The van der Waals surface area contributed by atoms with Crippen LogP contribution in [0.5, 0.6) is 5.75 Å². The summed E-state index contributed by atoms with van der Waals surface area (Å²) >= 11 is 0. The van der Waals surface area contributed by atoms with Gasteiger partial charge in [0.25, 0.3) is 0 Å². The highest BCUT2D eigenvalue weighted by molar-refractivity contribution is 5.85. The molecule has 1 aliphatic rings. The number of amides is 1. The average molecular weight is 257 g/mol. The largest absolute Gasteiger partial charge is 0.497 e. The Hall–Kier alpha value is -1.73. The Bertz CT molecular complexity index is 458. The van der Waals surface area contributed by atoms with Gasteiger partial charge in [-0.05, 0) is 0 Å². The summed E-state index contributed by atoms with van der Waals surface area (Å²) in [6.07, 6.45) is 0. The smallest absolute Gasteiger partial charge is 0.239 e. The highest BCUT2D eigenvalue weighted by Crippen LogP contribution is 2.30. The molecule has 0 aliphatic carbocycles. The summed E-state index contributed by atoms with van der Waals surface area (Å²) in [4.78, 5) is 11.4. The normalized spacial score (nSPS) is 23.0. The maximum atomic E-state index is 13.9. The van der Waals surface area contributed by atoms with Gasteiger partial charge in [0.15, 0.2) is 0 Å². The lowest BCUT2D eigenvalue weighted by Gasteiger charge is -2.18. The monoisotopic (exact) mass is 257 g/mol. The molecule has 4 N–H and O–H groups in total. The van der Waals surface area contributed by atoms with Crippen LogP contribution >= 0.6 is 0 Å². The Morgan fingerprint density at radius 1 is 1.44 bits per heavy atom. The molecule has 0 spiro atoms. The zero-order valence-corrected chi connectivity index (χ0v) is 9.67. The van der Waals surface area contributed by atoms with Gasteiger partial charge in [-0.15, -0.1) is 0 Å². The summed E-state index contributed by atoms with van der Waals surface area (Å²) in [6, 6.07) is 1.31. The Kier molecular flexibility index (Phi) is 3.44. The second-order valence-electron chi connectivity index (χ2n) is 4.00. The molecule has 2 rings (SSSR count). The predicted molar refractivity (Wildman–Crippen MR) is 59.8 cm³/mol. The molecule has 0 bridgehead atoms. The second kappa shape index (κ2) is 4.87. The summed E-state index contributed by atoms with van der Waals surface area (Å²) in [6.45, 7) is 0.133. The molecular weight excluding hydrogens is 244 g/mol. The molecule has 98 valence electrons. The van der Waals surface area contributed by atoms with Crippen LogP contribution in [-0.2, 0) is 4.79 Å². The van der Waals surface area contributed by atoms with Crippen LogP contribution in [0.3, 0.4) is 0 Å². The first-order chi connectivity index (χ1) is 8.58. The van der Waals surface area contributed by atoms with Crippen molar-refractivity contribution in [1.29, 1.82) is 0 Å². The van der Waals surface area contributed by atoms with Crippen molar-refractivity contribution < 1.29 is 18.3 Å². The molecule has 0 saturated carbocycles. The van der Waals surface area contributed by atoms with Crippen LogP contribution in [0.25, 0.3) is 0 Å². The number of hydrogen-bond acceptors (Lipinski definition) is 4. The first-order valence-electron chi connectivity index (χ1n) is 5.35. The molecule has 1 aromatic rings. The lowest BCUT2D eigenvalue weighted by molar-refractivity contribution is -0.121. The van der Waals surface area contributed by atoms with Crippen LogP contribution in [-0.4, -0.2) is 25.6 Å². The summed E-state index contributed by atoms with van der Waals surface area (Å²) in [7, 11) is 1.32. The first-order valence-corrected chi connectivity index (χ1v) is 5.35. The van der Waals surface area contributed by atoms with Crippen molar-refractivity contribution in [2.75, 3.05) is 13.7 Å². The van der Waals surface area contributed by atoms with Crippen LogP contribution in [0, 0.1) is 11.6 Å². The molecule has 1 amide bonds. The molecular formula is C11H13F2N3O2. The summed E-state index contributed by atoms with van der Waals surface area (Å²) < 4.78 is 32.5. The zero-order valence-electron chi connectivity index (χ0n) is 9.67. The molecule has 2 atom stereocenters. The molecule has 1 saturated heterocycles. The number of ether oxygens (including phenoxy) is 1. The zero-order chi connectivity index (χ0) is 13.3. The number of methoxy groups -OCH3 is 1. The second-order valence-corrected chi connectivity index (χ2v) is 4.00. The number of carbonyl (C=O) groups is 1. The van der Waals surface area contributed by atoms with E-state index in [9.17, 15) is 13.6 Å². The van der Waals surface area contributed by atoms with E-state index in [0.29, 0.717) is 0 Å². The fourth-order valence-corrected chi connectivity index (χ4v) is 2.11. The van der Waals surface area contributed by atoms with Gasteiger partial charge in [0.2, 0.25) is 5.91 Å². The van der Waals surface area contributed by atoms with E-state index in [2.05, 4.69) is 10.7 Å². The van der Waals surface area contributed by atoms with E-state index in [1.165, 1.54) is 7.11 Å². The summed E-state index contributed by atoms with van der Waals surface area (Å²) in [5.41, 5.74) is 2.10. The van der Waals surface area contributed by atoms with E-state index in [1.54, 1.807) is 0 Å². The minimum atomic E-state index is -0.845. The summed E-state index contributed by atoms with van der Waals surface area (Å²) in [5.74, 6) is 2.74. The van der Waals surface area contributed by atoms with Crippen LogP contribution < -0.4 is 21.3 Å². The summed E-state index contributed by atoms with van der Waals surface area (Å²) in [5, 5.41) is 2.51. The molecule has 0 aromatic heterocycles. The minimum Gasteiger partial charge on any atom is -0.497 e. The molecule has 1 fully saturated rings. The van der Waals surface area contributed by atoms with Crippen molar-refractivity contribution in [3.8, 4) is 5.75 Å². The topological polar surface area (TPSA) is 76.4 Å². The quantitative estimate of drug-likeness (QED) is 0.527. The molecule has 0 unspecified atom stereocenters. The number of hydrogen-bond donors (Lipinski definition) is 3. The number of benzene rings is 1. The lowest BCUT2D eigenvalue weighted by atomic mass is 9.93. The van der Waals surface area contributed by atoms with Gasteiger partial charge >= 0.3 is 0 Å². The maximum Gasteiger partial charge on any atom is 0.239 e. The standard InChI is InChI=1S/C11H13F2N3O2/c1-18-5-2-7(12)9(8(13)3-5)6-4-15-11(17)10(6)16-14/h2-3,6,10,16H,4,14H2,1H3,(H,15,17)/t6-,10-/m0/s1. The van der Waals surface area contributed by atoms with Crippen LogP contribution in [0.1, 0.15) is 11.5 Å². The Labute approximate surface area is 102 Å². The van der Waals surface area contributed by atoms with Gasteiger partial charge in [0.1, 0.15) is 23.4 Å². The number of nitrogens with two attached hydrogens (primary N) is 1. The molecule has 18 heavy (non-hydrogen) atoms. The lowest BCUT2D eigenvalue weighted by Crippen LogP contribution is -2.43. The average Bonchev–Trinajstić information content (AvgIpc) is 2.69. The molecule has 1 heterocycles. The van der Waals surface area contributed by atoms with E-state index in [0.717, 1.165) is 12.1 Å². The van der Waals surface area contributed by atoms with Gasteiger partial charge in [-0.1, -0.05) is 0 Å². The molecule has 7 heteroatoms. The van der Waals surface area contributed by atoms with Crippen molar-refractivity contribution in [1.82, 2.24) is 10.7 Å². The number of rotatable bonds is 3. The van der Waals surface area contributed by atoms with Gasteiger partial charge in [-0.25, -0.2) is 14.2 Å². The molecule has 1 aliphatic heterocycles. The fourth-order valence-electron chi connectivity index (χ4n) is 2.11. The van der Waals surface area contributed by atoms with Crippen LogP contribution in [0.4, 0.5) is 8.78 Å². The maximum absolute atomic E-state index is 13.9. The van der Waals surface area contributed by atoms with Gasteiger partial charge in [0.05, 0.1) is 7.11 Å². The van der Waals surface area contributed by atoms with Crippen molar-refractivity contribution >= 4 is 5.91 Å². The molecule has 1 aromatic carbocycles. The van der Waals surface area contributed by atoms with Crippen LogP contribution in [0.15, 0.2) is 12.1 Å². The highest BCUT2D eigenvalue weighted by atomic mass is 19.1. The van der Waals surface area contributed by atoms with E-state index in [-0.39, 0.29) is 23.8 Å². The predicted octanol–water partition coefficient (Wildman–Crippen LogP) is 0.0187. The number of nitrogens with one attached hydrogen (secondary N) is 2. The molecule has 5 nitrogen and oxygen atoms in total. The van der Waals surface area contributed by atoms with Gasteiger partial charge < -0.3 is 10.1 Å². The van der Waals surface area contributed by atoms with E-state index in [1.807, 2.05) is 0 Å². The van der Waals surface area contributed by atoms with Crippen LogP contribution in [0.2, 0.25) is 0 Å². The third-order valence-corrected chi connectivity index (χ3v) is 3.02. The van der Waals surface area contributed by atoms with Gasteiger partial charge in [0, 0.05) is 30.2 Å². The third-order valence-electron chi connectivity index (χ3n) is 3.02. The Morgan fingerprint density at radius 2 is 2.06 bits per heavy atom. The van der Waals surface area contributed by atoms with E-state index >= 15 is 0 Å². The first kappa shape index (κ1) is 12.7. The van der Waals surface area contributed by atoms with Gasteiger partial charge in [-0.3, -0.25) is 10.6 Å². The van der Waals surface area contributed by atoms with Crippen molar-refractivity contribution in [2.24, 2.45) is 5.84 Å². The van der Waals surface area contributed by atoms with Crippen molar-refractivity contribution in [3.63, 3.8) is 0 Å². The van der Waals surface area contributed by atoms with Gasteiger partial charge in [-0.2, -0.15) is 0 Å². The fraction of sp³-hybridized carbons (Fsp3) is 0.364. The van der Waals surface area contributed by atoms with E-state index < -0.39 is 23.6 Å².